The molecule has 1 aliphatic carbocycles. The van der Waals surface area contributed by atoms with Crippen LogP contribution in [0.5, 0.6) is 0 Å². The standard InChI is InChI=1S/C38H45N/c1-10-36(4,5)27-14-19-30(20-15-27)39(29-17-12-26(3)13-18-29)31-21-23-33-32-22-16-28(37(6,7)11-2)24-34(32)38(8,9)35(33)25-31/h12-25H,10-11H2,1-9H3. The summed E-state index contributed by atoms with van der Waals surface area (Å²) in [5.74, 6) is 0. The maximum absolute atomic E-state index is 2.48. The predicted molar refractivity (Wildman–Crippen MR) is 170 cm³/mol. The quantitative estimate of drug-likeness (QED) is 0.236. The lowest BCUT2D eigenvalue weighted by molar-refractivity contribution is 0.504. The van der Waals surface area contributed by atoms with Crippen LogP contribution in [0.15, 0.2) is 84.9 Å². The Bertz CT molecular complexity index is 1480. The van der Waals surface area contributed by atoms with Crippen molar-refractivity contribution in [3.8, 4) is 11.1 Å². The van der Waals surface area contributed by atoms with Crippen LogP contribution in [0, 0.1) is 6.92 Å². The molecule has 0 unspecified atom stereocenters. The van der Waals surface area contributed by atoms with E-state index >= 15 is 0 Å². The van der Waals surface area contributed by atoms with Gasteiger partial charge in [-0.1, -0.05) is 109 Å². The monoisotopic (exact) mass is 515 g/mol. The fourth-order valence-corrected chi connectivity index (χ4v) is 5.90. The number of nitrogens with zero attached hydrogens (tertiary/aromatic N) is 1. The summed E-state index contributed by atoms with van der Waals surface area (Å²) in [5, 5.41) is 0. The van der Waals surface area contributed by atoms with Gasteiger partial charge in [0.2, 0.25) is 0 Å². The lowest BCUT2D eigenvalue weighted by Gasteiger charge is -2.30. The van der Waals surface area contributed by atoms with E-state index in [1.165, 1.54) is 56.0 Å². The summed E-state index contributed by atoms with van der Waals surface area (Å²) in [5.41, 5.74) is 13.5. The van der Waals surface area contributed by atoms with E-state index in [4.69, 9.17) is 0 Å². The van der Waals surface area contributed by atoms with E-state index in [9.17, 15) is 0 Å². The topological polar surface area (TPSA) is 3.24 Å². The van der Waals surface area contributed by atoms with Crippen molar-refractivity contribution in [1.29, 1.82) is 0 Å². The molecular weight excluding hydrogens is 470 g/mol. The number of hydrogen-bond donors (Lipinski definition) is 0. The van der Waals surface area contributed by atoms with Crippen LogP contribution in [0.25, 0.3) is 11.1 Å². The molecule has 0 atom stereocenters. The fourth-order valence-electron chi connectivity index (χ4n) is 5.90. The summed E-state index contributed by atoms with van der Waals surface area (Å²) in [6.07, 6.45) is 2.24. The molecule has 0 fully saturated rings. The second kappa shape index (κ2) is 9.70. The molecule has 0 saturated heterocycles. The molecule has 0 aromatic heterocycles. The van der Waals surface area contributed by atoms with Crippen molar-refractivity contribution < 1.29 is 0 Å². The highest BCUT2D eigenvalue weighted by molar-refractivity contribution is 5.85. The number of hydrogen-bond acceptors (Lipinski definition) is 1. The van der Waals surface area contributed by atoms with E-state index in [2.05, 4.69) is 152 Å². The van der Waals surface area contributed by atoms with Crippen molar-refractivity contribution in [2.45, 2.75) is 91.4 Å². The minimum atomic E-state index is -0.0611. The average molecular weight is 516 g/mol. The van der Waals surface area contributed by atoms with Gasteiger partial charge in [-0.15, -0.1) is 0 Å². The van der Waals surface area contributed by atoms with Gasteiger partial charge in [-0.3, -0.25) is 0 Å². The highest BCUT2D eigenvalue weighted by atomic mass is 15.1. The summed E-state index contributed by atoms with van der Waals surface area (Å²) in [6, 6.07) is 32.4. The van der Waals surface area contributed by atoms with Crippen molar-refractivity contribution in [2.24, 2.45) is 0 Å². The predicted octanol–water partition coefficient (Wildman–Crippen LogP) is 11.1. The van der Waals surface area contributed by atoms with E-state index in [1.54, 1.807) is 0 Å². The van der Waals surface area contributed by atoms with Crippen LogP contribution in [0.2, 0.25) is 0 Å². The van der Waals surface area contributed by atoms with E-state index in [-0.39, 0.29) is 16.2 Å². The molecule has 0 amide bonds. The second-order valence-corrected chi connectivity index (χ2v) is 13.3. The molecule has 0 saturated carbocycles. The van der Waals surface area contributed by atoms with Crippen molar-refractivity contribution in [1.82, 2.24) is 0 Å². The number of fused-ring (bicyclic) bond motifs is 3. The van der Waals surface area contributed by atoms with Crippen LogP contribution in [-0.2, 0) is 16.2 Å². The van der Waals surface area contributed by atoms with Gasteiger partial charge in [0.25, 0.3) is 0 Å². The molecule has 1 aliphatic rings. The highest BCUT2D eigenvalue weighted by Gasteiger charge is 2.37. The largest absolute Gasteiger partial charge is 0.310 e. The highest BCUT2D eigenvalue weighted by Crippen LogP contribution is 2.51. The van der Waals surface area contributed by atoms with Crippen LogP contribution in [0.4, 0.5) is 17.1 Å². The Balaban J connectivity index is 1.62. The summed E-state index contributed by atoms with van der Waals surface area (Å²) in [6.45, 7) is 20.9. The third kappa shape index (κ3) is 4.71. The summed E-state index contributed by atoms with van der Waals surface area (Å²) >= 11 is 0. The minimum absolute atomic E-state index is 0.0611. The van der Waals surface area contributed by atoms with Gasteiger partial charge in [-0.2, -0.15) is 0 Å². The maximum Gasteiger partial charge on any atom is 0.0465 e. The zero-order chi connectivity index (χ0) is 28.2. The van der Waals surface area contributed by atoms with Crippen LogP contribution in [0.1, 0.15) is 96.0 Å². The molecule has 0 aliphatic heterocycles. The van der Waals surface area contributed by atoms with Crippen LogP contribution in [-0.4, -0.2) is 0 Å². The van der Waals surface area contributed by atoms with Crippen LogP contribution >= 0.6 is 0 Å². The van der Waals surface area contributed by atoms with Gasteiger partial charge in [0.15, 0.2) is 0 Å². The normalized spacial score (nSPS) is 14.2. The van der Waals surface area contributed by atoms with Gasteiger partial charge in [-0.05, 0) is 100 Å². The fraction of sp³-hybridized carbons (Fsp3) is 0.368. The Kier molecular flexibility index (Phi) is 6.78. The van der Waals surface area contributed by atoms with E-state index in [1.807, 2.05) is 0 Å². The first kappa shape index (κ1) is 27.3. The lowest BCUT2D eigenvalue weighted by Crippen LogP contribution is -2.19. The van der Waals surface area contributed by atoms with Gasteiger partial charge in [0.1, 0.15) is 0 Å². The SMILES string of the molecule is CCC(C)(C)c1ccc(N(c2ccc(C)cc2)c2ccc3c(c2)C(C)(C)c2cc(C(C)(C)CC)ccc2-3)cc1. The number of rotatable bonds is 7. The molecule has 0 heterocycles. The van der Waals surface area contributed by atoms with Gasteiger partial charge in [0, 0.05) is 22.5 Å². The molecule has 4 aromatic rings. The molecular formula is C38H45N. The number of anilines is 3. The van der Waals surface area contributed by atoms with Gasteiger partial charge in [-0.25, -0.2) is 0 Å². The Hall–Kier alpha value is -3.32. The van der Waals surface area contributed by atoms with Crippen molar-refractivity contribution in [3.63, 3.8) is 0 Å². The van der Waals surface area contributed by atoms with E-state index < -0.39 is 0 Å². The van der Waals surface area contributed by atoms with Crippen molar-refractivity contribution in [3.05, 3.63) is 113 Å². The van der Waals surface area contributed by atoms with Crippen molar-refractivity contribution in [2.75, 3.05) is 4.90 Å². The molecule has 0 N–H and O–H groups in total. The minimum Gasteiger partial charge on any atom is -0.310 e. The zero-order valence-electron chi connectivity index (χ0n) is 25.4. The molecule has 1 heteroatoms. The Morgan fingerprint density at radius 3 is 1.56 bits per heavy atom. The molecule has 0 bridgehead atoms. The summed E-state index contributed by atoms with van der Waals surface area (Å²) in [7, 11) is 0. The van der Waals surface area contributed by atoms with E-state index in [0.717, 1.165) is 12.8 Å². The summed E-state index contributed by atoms with van der Waals surface area (Å²) in [4.78, 5) is 2.41. The number of benzene rings is 4. The molecule has 202 valence electrons. The van der Waals surface area contributed by atoms with Crippen LogP contribution in [0.3, 0.4) is 0 Å². The first-order chi connectivity index (χ1) is 18.4. The number of aryl methyl sites for hydroxylation is 1. The Morgan fingerprint density at radius 2 is 1.00 bits per heavy atom. The molecule has 0 spiro atoms. The molecule has 5 rings (SSSR count). The first-order valence-electron chi connectivity index (χ1n) is 14.7. The van der Waals surface area contributed by atoms with Gasteiger partial charge < -0.3 is 4.90 Å². The molecule has 4 aromatic carbocycles. The molecule has 39 heavy (non-hydrogen) atoms. The third-order valence-corrected chi connectivity index (χ3v) is 9.67. The lowest BCUT2D eigenvalue weighted by atomic mass is 9.77. The van der Waals surface area contributed by atoms with Crippen LogP contribution < -0.4 is 4.90 Å². The van der Waals surface area contributed by atoms with Gasteiger partial charge in [0.05, 0.1) is 0 Å². The smallest absolute Gasteiger partial charge is 0.0465 e. The second-order valence-electron chi connectivity index (χ2n) is 13.3. The summed E-state index contributed by atoms with van der Waals surface area (Å²) < 4.78 is 0. The Morgan fingerprint density at radius 1 is 0.564 bits per heavy atom. The molecule has 1 nitrogen and oxygen atoms in total. The Labute approximate surface area is 236 Å². The third-order valence-electron chi connectivity index (χ3n) is 9.67. The van der Waals surface area contributed by atoms with E-state index in [0.29, 0.717) is 0 Å². The van der Waals surface area contributed by atoms with Crippen molar-refractivity contribution >= 4 is 17.1 Å². The molecule has 0 radical (unpaired) electrons. The maximum atomic E-state index is 2.48. The van der Waals surface area contributed by atoms with Gasteiger partial charge >= 0.3 is 0 Å². The average Bonchev–Trinajstić information content (AvgIpc) is 3.16. The first-order valence-corrected chi connectivity index (χ1v) is 14.7. The zero-order valence-corrected chi connectivity index (χ0v) is 25.4.